The third-order valence-electron chi connectivity index (χ3n) is 2.51. The first kappa shape index (κ1) is 9.24. The van der Waals surface area contributed by atoms with Gasteiger partial charge in [0.1, 0.15) is 0 Å². The van der Waals surface area contributed by atoms with Crippen LogP contribution in [0.15, 0.2) is 24.3 Å². The van der Waals surface area contributed by atoms with E-state index in [9.17, 15) is 0 Å². The summed E-state index contributed by atoms with van der Waals surface area (Å²) in [6.07, 6.45) is 0. The lowest BCUT2D eigenvalue weighted by atomic mass is 10.0. The maximum Gasteiger partial charge on any atom is 0.0625 e. The molecule has 0 aliphatic carbocycles. The van der Waals surface area contributed by atoms with Gasteiger partial charge in [-0.2, -0.15) is 0 Å². The summed E-state index contributed by atoms with van der Waals surface area (Å²) >= 11 is 0. The van der Waals surface area contributed by atoms with E-state index in [-0.39, 0.29) is 12.6 Å². The fourth-order valence-electron chi connectivity index (χ4n) is 1.87. The van der Waals surface area contributed by atoms with E-state index in [1.165, 1.54) is 0 Å². The number of hydrogen-bond acceptors (Lipinski definition) is 2. The second-order valence-electron chi connectivity index (χ2n) is 3.50. The van der Waals surface area contributed by atoms with Crippen molar-refractivity contribution in [3.8, 4) is 0 Å². The van der Waals surface area contributed by atoms with E-state index in [1.807, 2.05) is 31.2 Å². The van der Waals surface area contributed by atoms with Gasteiger partial charge in [-0.25, -0.2) is 0 Å². The van der Waals surface area contributed by atoms with E-state index in [1.54, 1.807) is 0 Å². The first-order valence-corrected chi connectivity index (χ1v) is 4.67. The van der Waals surface area contributed by atoms with Crippen molar-refractivity contribution >= 4 is 10.9 Å². The number of nitrogens with one attached hydrogen (secondary N) is 1. The number of aryl methyl sites for hydroxylation is 1. The number of aliphatic hydroxyl groups excluding tert-OH is 1. The molecular weight excluding hydrogens is 176 g/mol. The molecule has 0 bridgehead atoms. The normalized spacial score (nSPS) is 13.4. The SMILES string of the molecule is Cc1[nH]c2ccccc2c1[C@@H](N)CO. The summed E-state index contributed by atoms with van der Waals surface area (Å²) in [6.45, 7) is 1.95. The number of aromatic nitrogens is 1. The molecule has 1 atom stereocenters. The van der Waals surface area contributed by atoms with Crippen molar-refractivity contribution in [3.05, 3.63) is 35.5 Å². The van der Waals surface area contributed by atoms with Gasteiger partial charge in [-0.05, 0) is 18.6 Å². The number of H-pyrrole nitrogens is 1. The molecule has 0 amide bonds. The Labute approximate surface area is 82.6 Å². The third kappa shape index (κ3) is 1.31. The van der Waals surface area contributed by atoms with E-state index in [0.29, 0.717) is 0 Å². The Hall–Kier alpha value is -1.32. The first-order chi connectivity index (χ1) is 6.74. The average Bonchev–Trinajstić information content (AvgIpc) is 2.53. The summed E-state index contributed by atoms with van der Waals surface area (Å²) in [5.74, 6) is 0. The second kappa shape index (κ2) is 3.44. The number of hydrogen-bond donors (Lipinski definition) is 3. The van der Waals surface area contributed by atoms with Crippen LogP contribution in [0.25, 0.3) is 10.9 Å². The van der Waals surface area contributed by atoms with Gasteiger partial charge in [0.25, 0.3) is 0 Å². The lowest BCUT2D eigenvalue weighted by Crippen LogP contribution is -2.15. The highest BCUT2D eigenvalue weighted by atomic mass is 16.3. The molecule has 2 aromatic rings. The standard InChI is InChI=1S/C11H14N2O/c1-7-11(9(12)6-14)8-4-2-3-5-10(8)13-7/h2-5,9,13-14H,6,12H2,1H3/t9-/m0/s1. The molecule has 0 spiro atoms. The lowest BCUT2D eigenvalue weighted by molar-refractivity contribution is 0.268. The topological polar surface area (TPSA) is 62.0 Å². The summed E-state index contributed by atoms with van der Waals surface area (Å²) in [4.78, 5) is 3.25. The van der Waals surface area contributed by atoms with Crippen molar-refractivity contribution in [2.24, 2.45) is 5.73 Å². The molecular formula is C11H14N2O. The number of aromatic amines is 1. The third-order valence-corrected chi connectivity index (χ3v) is 2.51. The largest absolute Gasteiger partial charge is 0.394 e. The van der Waals surface area contributed by atoms with Crippen LogP contribution in [-0.2, 0) is 0 Å². The summed E-state index contributed by atoms with van der Waals surface area (Å²) in [6, 6.07) is 7.68. The molecule has 3 heteroatoms. The molecule has 0 aliphatic heterocycles. The zero-order valence-corrected chi connectivity index (χ0v) is 8.12. The van der Waals surface area contributed by atoms with Crippen LogP contribution in [0.2, 0.25) is 0 Å². The van der Waals surface area contributed by atoms with Crippen molar-refractivity contribution < 1.29 is 5.11 Å². The number of aliphatic hydroxyl groups is 1. The van der Waals surface area contributed by atoms with Crippen molar-refractivity contribution in [3.63, 3.8) is 0 Å². The zero-order chi connectivity index (χ0) is 10.1. The Morgan fingerprint density at radius 1 is 1.43 bits per heavy atom. The molecule has 0 fully saturated rings. The second-order valence-corrected chi connectivity index (χ2v) is 3.50. The van der Waals surface area contributed by atoms with Crippen LogP contribution in [0.1, 0.15) is 17.3 Å². The van der Waals surface area contributed by atoms with E-state index in [2.05, 4.69) is 4.98 Å². The van der Waals surface area contributed by atoms with Crippen molar-refractivity contribution in [2.75, 3.05) is 6.61 Å². The van der Waals surface area contributed by atoms with Crippen molar-refractivity contribution in [1.82, 2.24) is 4.98 Å². The Morgan fingerprint density at radius 3 is 2.86 bits per heavy atom. The average molecular weight is 190 g/mol. The van der Waals surface area contributed by atoms with Crippen LogP contribution in [0.5, 0.6) is 0 Å². The predicted octanol–water partition coefficient (Wildman–Crippen LogP) is 1.47. The van der Waals surface area contributed by atoms with Gasteiger partial charge in [-0.1, -0.05) is 18.2 Å². The molecule has 74 valence electrons. The molecule has 1 aromatic carbocycles. The fraction of sp³-hybridized carbons (Fsp3) is 0.273. The highest BCUT2D eigenvalue weighted by molar-refractivity contribution is 5.85. The Morgan fingerprint density at radius 2 is 2.14 bits per heavy atom. The minimum atomic E-state index is -0.300. The van der Waals surface area contributed by atoms with Crippen molar-refractivity contribution in [1.29, 1.82) is 0 Å². The fourth-order valence-corrected chi connectivity index (χ4v) is 1.87. The van der Waals surface area contributed by atoms with Gasteiger partial charge in [0.15, 0.2) is 0 Å². The molecule has 0 unspecified atom stereocenters. The Balaban J connectivity index is 2.67. The molecule has 14 heavy (non-hydrogen) atoms. The molecule has 0 saturated heterocycles. The quantitative estimate of drug-likeness (QED) is 0.671. The minimum absolute atomic E-state index is 0.0251. The molecule has 0 saturated carbocycles. The molecule has 4 N–H and O–H groups in total. The van der Waals surface area contributed by atoms with E-state index < -0.39 is 0 Å². The highest BCUT2D eigenvalue weighted by Crippen LogP contribution is 2.25. The Bertz CT molecular complexity index is 447. The van der Waals surface area contributed by atoms with Gasteiger partial charge in [0.2, 0.25) is 0 Å². The van der Waals surface area contributed by atoms with Crippen LogP contribution in [-0.4, -0.2) is 16.7 Å². The monoisotopic (exact) mass is 190 g/mol. The van der Waals surface area contributed by atoms with Crippen molar-refractivity contribution in [2.45, 2.75) is 13.0 Å². The van der Waals surface area contributed by atoms with Gasteiger partial charge < -0.3 is 15.8 Å². The summed E-state index contributed by atoms with van der Waals surface area (Å²) in [7, 11) is 0. The van der Waals surface area contributed by atoms with Crippen LogP contribution in [0, 0.1) is 6.92 Å². The summed E-state index contributed by atoms with van der Waals surface area (Å²) in [5.41, 5.74) is 8.96. The molecule has 1 aromatic heterocycles. The lowest BCUT2D eigenvalue weighted by Gasteiger charge is -2.07. The number of nitrogens with two attached hydrogens (primary N) is 1. The van der Waals surface area contributed by atoms with Gasteiger partial charge in [0.05, 0.1) is 12.6 Å². The Kier molecular flexibility index (Phi) is 2.27. The van der Waals surface area contributed by atoms with Gasteiger partial charge in [-0.3, -0.25) is 0 Å². The smallest absolute Gasteiger partial charge is 0.0625 e. The van der Waals surface area contributed by atoms with Crippen LogP contribution < -0.4 is 5.73 Å². The van der Waals surface area contributed by atoms with Gasteiger partial charge >= 0.3 is 0 Å². The van der Waals surface area contributed by atoms with E-state index in [0.717, 1.165) is 22.2 Å². The van der Waals surface area contributed by atoms with Gasteiger partial charge in [0, 0.05) is 16.6 Å². The number of fused-ring (bicyclic) bond motifs is 1. The number of para-hydroxylation sites is 1. The van der Waals surface area contributed by atoms with E-state index in [4.69, 9.17) is 10.8 Å². The van der Waals surface area contributed by atoms with Crippen LogP contribution in [0.3, 0.4) is 0 Å². The van der Waals surface area contributed by atoms with Crippen LogP contribution in [0.4, 0.5) is 0 Å². The molecule has 3 nitrogen and oxygen atoms in total. The number of rotatable bonds is 2. The number of benzene rings is 1. The maximum absolute atomic E-state index is 9.05. The predicted molar refractivity (Wildman–Crippen MR) is 57.0 cm³/mol. The molecule has 1 heterocycles. The molecule has 2 rings (SSSR count). The molecule has 0 radical (unpaired) electrons. The summed E-state index contributed by atoms with van der Waals surface area (Å²) in [5, 5.41) is 10.2. The maximum atomic E-state index is 9.05. The first-order valence-electron chi connectivity index (χ1n) is 4.67. The van der Waals surface area contributed by atoms with Crippen LogP contribution >= 0.6 is 0 Å². The van der Waals surface area contributed by atoms with E-state index >= 15 is 0 Å². The zero-order valence-electron chi connectivity index (χ0n) is 8.12. The minimum Gasteiger partial charge on any atom is -0.394 e. The molecule has 0 aliphatic rings. The van der Waals surface area contributed by atoms with Gasteiger partial charge in [-0.15, -0.1) is 0 Å². The summed E-state index contributed by atoms with van der Waals surface area (Å²) < 4.78 is 0. The highest BCUT2D eigenvalue weighted by Gasteiger charge is 2.13.